The van der Waals surface area contributed by atoms with Crippen molar-refractivity contribution in [2.24, 2.45) is 0 Å². The van der Waals surface area contributed by atoms with Crippen LogP contribution in [0.4, 0.5) is 17.5 Å². The van der Waals surface area contributed by atoms with E-state index in [0.29, 0.717) is 17.7 Å². The van der Waals surface area contributed by atoms with Gasteiger partial charge in [0.15, 0.2) is 17.7 Å². The van der Waals surface area contributed by atoms with E-state index in [1.165, 1.54) is 10.9 Å². The molecule has 0 amide bonds. The normalized spacial score (nSPS) is 23.0. The van der Waals surface area contributed by atoms with E-state index in [2.05, 4.69) is 20.3 Å². The number of rotatable bonds is 7. The minimum atomic E-state index is -1.31. The molecule has 0 unspecified atom stereocenters. The van der Waals surface area contributed by atoms with E-state index in [1.54, 1.807) is 12.1 Å². The molecule has 1 fully saturated rings. The average molecular weight is 444 g/mol. The van der Waals surface area contributed by atoms with Crippen LogP contribution in [0.15, 0.2) is 24.5 Å². The van der Waals surface area contributed by atoms with Crippen molar-refractivity contribution in [1.29, 1.82) is 0 Å². The minimum absolute atomic E-state index is 0.0859. The third kappa shape index (κ3) is 3.96. The largest absolute Gasteiger partial charge is 0.481 e. The topological polar surface area (TPSA) is 189 Å². The van der Waals surface area contributed by atoms with E-state index < -0.39 is 37.1 Å². The number of aryl methyl sites for hydroxylation is 1. The molecular weight excluding hydrogens is 420 g/mol. The predicted octanol–water partition coefficient (Wildman–Crippen LogP) is -0.0469. The van der Waals surface area contributed by atoms with Crippen LogP contribution in [0.1, 0.15) is 24.3 Å². The number of nitrogens with one attached hydrogen (secondary N) is 1. The molecule has 12 heteroatoms. The Bertz CT molecular complexity index is 1150. The molecule has 4 rings (SSSR count). The first-order valence-electron chi connectivity index (χ1n) is 10.1. The predicted molar refractivity (Wildman–Crippen MR) is 113 cm³/mol. The highest BCUT2D eigenvalue weighted by atomic mass is 16.6. The number of anilines is 3. The lowest BCUT2D eigenvalue weighted by atomic mass is 10.0. The molecule has 0 radical (unpaired) electrons. The maximum atomic E-state index is 11.1. The maximum absolute atomic E-state index is 11.1. The van der Waals surface area contributed by atoms with Crippen LogP contribution in [0.5, 0.6) is 0 Å². The molecule has 1 saturated heterocycles. The van der Waals surface area contributed by atoms with Gasteiger partial charge in [0.05, 0.1) is 19.4 Å². The Hall–Kier alpha value is -3.32. The van der Waals surface area contributed by atoms with Gasteiger partial charge in [0.25, 0.3) is 0 Å². The van der Waals surface area contributed by atoms with Crippen molar-refractivity contribution in [1.82, 2.24) is 19.5 Å². The van der Waals surface area contributed by atoms with Crippen LogP contribution >= 0.6 is 0 Å². The summed E-state index contributed by atoms with van der Waals surface area (Å²) < 4.78 is 6.99. The van der Waals surface area contributed by atoms with Gasteiger partial charge in [-0.2, -0.15) is 9.97 Å². The Morgan fingerprint density at radius 3 is 2.72 bits per heavy atom. The standard InChI is InChI=1S/C20H24N6O6/c1-2-10-4-3-9(6-13(28)29)5-11(10)23-20-24-17(21)14-18(25-20)26(8-22-14)19-16(31)15(30)12(7-27)32-19/h3-5,8,12,15-16,19,27,30-31H,2,6-7H2,1H3,(H,28,29)(H3,21,23,24,25)/t12-,15-,16-,19-/m1/s1. The number of hydrogen-bond donors (Lipinski definition) is 6. The Labute approximate surface area is 182 Å². The van der Waals surface area contributed by atoms with Crippen LogP contribution in [0.3, 0.4) is 0 Å². The van der Waals surface area contributed by atoms with E-state index in [9.17, 15) is 20.1 Å². The fraction of sp³-hybridized carbons (Fsp3) is 0.400. The molecule has 1 aromatic carbocycles. The number of aromatic nitrogens is 4. The van der Waals surface area contributed by atoms with Crippen LogP contribution in [0, 0.1) is 0 Å². The van der Waals surface area contributed by atoms with Gasteiger partial charge >= 0.3 is 5.97 Å². The van der Waals surface area contributed by atoms with Crippen molar-refractivity contribution in [3.05, 3.63) is 35.7 Å². The quantitative estimate of drug-likeness (QED) is 0.287. The number of nitrogens with two attached hydrogens (primary N) is 1. The molecule has 3 heterocycles. The van der Waals surface area contributed by atoms with Crippen LogP contribution in [0.2, 0.25) is 0 Å². The highest BCUT2D eigenvalue weighted by molar-refractivity contribution is 5.83. The van der Waals surface area contributed by atoms with Crippen LogP contribution in [-0.2, 0) is 22.4 Å². The van der Waals surface area contributed by atoms with Gasteiger partial charge in [0.1, 0.15) is 23.8 Å². The van der Waals surface area contributed by atoms with Gasteiger partial charge in [-0.05, 0) is 23.6 Å². The summed E-state index contributed by atoms with van der Waals surface area (Å²) in [6.45, 7) is 1.50. The molecule has 0 bridgehead atoms. The molecule has 12 nitrogen and oxygen atoms in total. The number of imidazole rings is 1. The number of nitrogens with zero attached hydrogens (tertiary/aromatic N) is 4. The third-order valence-electron chi connectivity index (χ3n) is 5.40. The molecule has 32 heavy (non-hydrogen) atoms. The van der Waals surface area contributed by atoms with E-state index in [1.807, 2.05) is 13.0 Å². The van der Waals surface area contributed by atoms with Crippen LogP contribution < -0.4 is 11.1 Å². The van der Waals surface area contributed by atoms with Gasteiger partial charge in [0.2, 0.25) is 5.95 Å². The van der Waals surface area contributed by atoms with E-state index in [0.717, 1.165) is 5.56 Å². The molecule has 0 spiro atoms. The molecule has 170 valence electrons. The second kappa shape index (κ2) is 8.67. The summed E-state index contributed by atoms with van der Waals surface area (Å²) in [4.78, 5) is 24.0. The SMILES string of the molecule is CCc1ccc(CC(=O)O)cc1Nc1nc(N)c2ncn([C@@H]3O[C@H](CO)[C@@H](O)[C@H]3O)c2n1. The number of fused-ring (bicyclic) bond motifs is 1. The Balaban J connectivity index is 1.71. The number of carboxylic acid groups (broad SMARTS) is 1. The first kappa shape index (κ1) is 21.9. The van der Waals surface area contributed by atoms with Crippen LogP contribution in [-0.4, -0.2) is 70.8 Å². The molecule has 3 aromatic rings. The number of ether oxygens (including phenoxy) is 1. The summed E-state index contributed by atoms with van der Waals surface area (Å²) in [5.41, 5.74) is 8.79. The number of nitrogen functional groups attached to an aromatic ring is 1. The molecule has 4 atom stereocenters. The lowest BCUT2D eigenvalue weighted by Gasteiger charge is -2.17. The zero-order valence-electron chi connectivity index (χ0n) is 17.2. The number of carboxylic acids is 1. The van der Waals surface area contributed by atoms with Gasteiger partial charge in [-0.25, -0.2) is 4.98 Å². The number of aliphatic hydroxyl groups is 3. The summed E-state index contributed by atoms with van der Waals surface area (Å²) in [5, 5.41) is 41.9. The fourth-order valence-electron chi connectivity index (χ4n) is 3.74. The van der Waals surface area contributed by atoms with Gasteiger partial charge in [0, 0.05) is 5.69 Å². The van der Waals surface area contributed by atoms with E-state index in [4.69, 9.17) is 15.6 Å². The van der Waals surface area contributed by atoms with Crippen molar-refractivity contribution < 1.29 is 30.0 Å². The van der Waals surface area contributed by atoms with Crippen molar-refractivity contribution in [3.63, 3.8) is 0 Å². The van der Waals surface area contributed by atoms with Crippen LogP contribution in [0.25, 0.3) is 11.2 Å². The van der Waals surface area contributed by atoms with Gasteiger partial charge < -0.3 is 36.2 Å². The van der Waals surface area contributed by atoms with Crippen molar-refractivity contribution >= 4 is 34.6 Å². The minimum Gasteiger partial charge on any atom is -0.481 e. The highest BCUT2D eigenvalue weighted by Crippen LogP contribution is 2.32. The molecular formula is C20H24N6O6. The zero-order valence-corrected chi connectivity index (χ0v) is 17.2. The first-order valence-corrected chi connectivity index (χ1v) is 10.1. The highest BCUT2D eigenvalue weighted by Gasteiger charge is 2.44. The van der Waals surface area contributed by atoms with E-state index >= 15 is 0 Å². The van der Waals surface area contributed by atoms with Gasteiger partial charge in [-0.3, -0.25) is 9.36 Å². The Morgan fingerprint density at radius 2 is 2.06 bits per heavy atom. The first-order chi connectivity index (χ1) is 15.3. The van der Waals surface area contributed by atoms with Crippen molar-refractivity contribution in [3.8, 4) is 0 Å². The molecule has 7 N–H and O–H groups in total. The monoisotopic (exact) mass is 444 g/mol. The third-order valence-corrected chi connectivity index (χ3v) is 5.40. The summed E-state index contributed by atoms with van der Waals surface area (Å²) in [7, 11) is 0. The van der Waals surface area contributed by atoms with Crippen molar-refractivity contribution in [2.45, 2.75) is 44.3 Å². The fourth-order valence-corrected chi connectivity index (χ4v) is 3.74. The Morgan fingerprint density at radius 1 is 1.28 bits per heavy atom. The number of aliphatic carboxylic acids is 1. The summed E-state index contributed by atoms with van der Waals surface area (Å²) in [5.74, 6) is -0.710. The maximum Gasteiger partial charge on any atom is 0.307 e. The Kier molecular flexibility index (Phi) is 5.93. The second-order valence-corrected chi connectivity index (χ2v) is 7.53. The van der Waals surface area contributed by atoms with E-state index in [-0.39, 0.29) is 29.4 Å². The second-order valence-electron chi connectivity index (χ2n) is 7.53. The smallest absolute Gasteiger partial charge is 0.307 e. The summed E-state index contributed by atoms with van der Waals surface area (Å²) in [6, 6.07) is 5.32. The molecule has 0 saturated carbocycles. The molecule has 1 aliphatic rings. The number of carbonyl (C=O) groups is 1. The number of benzene rings is 1. The zero-order chi connectivity index (χ0) is 23.0. The molecule has 0 aliphatic carbocycles. The summed E-state index contributed by atoms with van der Waals surface area (Å²) >= 11 is 0. The number of aliphatic hydroxyl groups excluding tert-OH is 3. The number of hydrogen-bond acceptors (Lipinski definition) is 10. The lowest BCUT2D eigenvalue weighted by molar-refractivity contribution is -0.136. The lowest BCUT2D eigenvalue weighted by Crippen LogP contribution is -2.33. The summed E-state index contributed by atoms with van der Waals surface area (Å²) in [6.07, 6.45) is -2.63. The van der Waals surface area contributed by atoms with Gasteiger partial charge in [-0.1, -0.05) is 19.1 Å². The molecule has 1 aliphatic heterocycles. The van der Waals surface area contributed by atoms with Gasteiger partial charge in [-0.15, -0.1) is 0 Å². The molecule has 2 aromatic heterocycles. The van der Waals surface area contributed by atoms with Crippen molar-refractivity contribution in [2.75, 3.05) is 17.7 Å². The average Bonchev–Trinajstić information content (AvgIpc) is 3.29.